The maximum absolute atomic E-state index is 10.3. The molecule has 1 saturated heterocycles. The number of carbonyl (C=O) groups excluding carboxylic acids is 2. The number of hydrogen-bond acceptors (Lipinski definition) is 5. The van der Waals surface area contributed by atoms with Gasteiger partial charge in [-0.05, 0) is 0 Å². The summed E-state index contributed by atoms with van der Waals surface area (Å²) >= 11 is 0. The molecule has 0 amide bonds. The molecule has 0 aromatic carbocycles. The van der Waals surface area contributed by atoms with Crippen LogP contribution < -0.4 is 5.64 Å². The normalized spacial score (nSPS) is 18.0. The van der Waals surface area contributed by atoms with E-state index >= 15 is 0 Å². The predicted octanol–water partition coefficient (Wildman–Crippen LogP) is -1.09. The molecule has 1 N–H and O–H groups in total. The van der Waals surface area contributed by atoms with Gasteiger partial charge in [0.2, 0.25) is 0 Å². The first-order chi connectivity index (χ1) is 4.29. The fourth-order valence-corrected chi connectivity index (χ4v) is 0.420. The summed E-state index contributed by atoms with van der Waals surface area (Å²) in [6, 6.07) is 0. The molecule has 1 rings (SSSR count). The Morgan fingerprint density at radius 1 is 1.10 bits per heavy atom. The maximum Gasteiger partial charge on any atom is 0.329 e. The average molecular weight is 154 g/mol. The number of carbonyl (C=O) groups is 2. The molecule has 0 aromatic rings. The zero-order valence-electron chi connectivity index (χ0n) is 5.55. The Morgan fingerprint density at radius 2 is 1.50 bits per heavy atom. The summed E-state index contributed by atoms with van der Waals surface area (Å²) in [6.45, 7) is 0. The third-order valence-corrected chi connectivity index (χ3v) is 0.844. The third-order valence-electron chi connectivity index (χ3n) is 0.844. The Hall–Kier alpha value is -0.100. The molecule has 10 heavy (non-hydrogen) atoms. The van der Waals surface area contributed by atoms with Crippen LogP contribution in [0.25, 0.3) is 0 Å². The zero-order chi connectivity index (χ0) is 6.69. The van der Waals surface area contributed by atoms with Crippen LogP contribution in [0.2, 0.25) is 0 Å². The van der Waals surface area contributed by atoms with E-state index < -0.39 is 11.9 Å². The standard InChI is InChI=1S/C4H5NO4.Na/c6-3-1-2-4(7)9-5-8-3;/h5H,1-2H2;. The van der Waals surface area contributed by atoms with Crippen molar-refractivity contribution in [3.63, 3.8) is 0 Å². The Balaban J connectivity index is 0.000000810. The second-order valence-electron chi connectivity index (χ2n) is 1.53. The van der Waals surface area contributed by atoms with Crippen molar-refractivity contribution in [1.82, 2.24) is 5.64 Å². The maximum atomic E-state index is 10.3. The van der Waals surface area contributed by atoms with Crippen molar-refractivity contribution >= 4 is 41.5 Å². The summed E-state index contributed by atoms with van der Waals surface area (Å²) < 4.78 is 0. The Bertz CT molecular complexity index is 132. The van der Waals surface area contributed by atoms with E-state index in [4.69, 9.17) is 0 Å². The molecule has 0 bridgehead atoms. The minimum absolute atomic E-state index is 0. The Morgan fingerprint density at radius 3 is 1.90 bits per heavy atom. The Labute approximate surface area is 79.2 Å². The van der Waals surface area contributed by atoms with Crippen molar-refractivity contribution in [3.8, 4) is 0 Å². The van der Waals surface area contributed by atoms with Gasteiger partial charge in [-0.15, -0.1) is 0 Å². The van der Waals surface area contributed by atoms with Crippen molar-refractivity contribution in [2.75, 3.05) is 0 Å². The summed E-state index contributed by atoms with van der Waals surface area (Å²) in [6.07, 6.45) is 0.150. The molecule has 1 radical (unpaired) electrons. The van der Waals surface area contributed by atoms with Gasteiger partial charge in [-0.1, -0.05) is 0 Å². The van der Waals surface area contributed by atoms with Crippen LogP contribution in [0, 0.1) is 0 Å². The van der Waals surface area contributed by atoms with Gasteiger partial charge >= 0.3 is 11.9 Å². The van der Waals surface area contributed by atoms with E-state index in [0.29, 0.717) is 0 Å². The molecule has 0 spiro atoms. The fourth-order valence-electron chi connectivity index (χ4n) is 0.420. The fraction of sp³-hybridized carbons (Fsp3) is 0.500. The van der Waals surface area contributed by atoms with Crippen LogP contribution in [0.3, 0.4) is 0 Å². The molecule has 0 atom stereocenters. The summed E-state index contributed by atoms with van der Waals surface area (Å²) in [5.74, 6) is -0.971. The van der Waals surface area contributed by atoms with Crippen LogP contribution in [0.15, 0.2) is 0 Å². The molecule has 0 aliphatic carbocycles. The summed E-state index contributed by atoms with van der Waals surface area (Å²) in [7, 11) is 0. The van der Waals surface area contributed by atoms with Gasteiger partial charge in [-0.3, -0.25) is 9.59 Å². The first-order valence-electron chi connectivity index (χ1n) is 2.43. The molecule has 0 aromatic heterocycles. The van der Waals surface area contributed by atoms with Crippen molar-refractivity contribution < 1.29 is 19.3 Å². The van der Waals surface area contributed by atoms with Gasteiger partial charge in [0.15, 0.2) is 0 Å². The molecule has 0 saturated carbocycles. The van der Waals surface area contributed by atoms with Gasteiger partial charge in [0.25, 0.3) is 0 Å². The van der Waals surface area contributed by atoms with E-state index in [-0.39, 0.29) is 42.4 Å². The average Bonchev–Trinajstić information content (AvgIpc) is 1.97. The van der Waals surface area contributed by atoms with Gasteiger partial charge in [-0.25, -0.2) is 0 Å². The molecular formula is C4H5NNaO4. The summed E-state index contributed by atoms with van der Waals surface area (Å²) in [4.78, 5) is 28.9. The topological polar surface area (TPSA) is 64.6 Å². The quantitative estimate of drug-likeness (QED) is 0.449. The van der Waals surface area contributed by atoms with E-state index in [9.17, 15) is 9.59 Å². The van der Waals surface area contributed by atoms with Crippen LogP contribution in [0.4, 0.5) is 0 Å². The van der Waals surface area contributed by atoms with E-state index in [0.717, 1.165) is 0 Å². The minimum Gasteiger partial charge on any atom is -0.335 e. The third kappa shape index (κ3) is 3.17. The van der Waals surface area contributed by atoms with E-state index in [1.807, 2.05) is 0 Å². The van der Waals surface area contributed by atoms with Gasteiger partial charge in [0.1, 0.15) is 0 Å². The van der Waals surface area contributed by atoms with Crippen LogP contribution in [-0.2, 0) is 19.3 Å². The molecule has 6 heteroatoms. The first-order valence-corrected chi connectivity index (χ1v) is 2.43. The van der Waals surface area contributed by atoms with Crippen LogP contribution in [0.5, 0.6) is 0 Å². The van der Waals surface area contributed by atoms with Crippen LogP contribution in [-0.4, -0.2) is 41.5 Å². The molecule has 0 unspecified atom stereocenters. The second kappa shape index (κ2) is 4.68. The molecule has 1 aliphatic heterocycles. The number of nitrogens with one attached hydrogen (secondary N) is 1. The zero-order valence-corrected chi connectivity index (χ0v) is 7.55. The van der Waals surface area contributed by atoms with Crippen LogP contribution >= 0.6 is 0 Å². The second-order valence-corrected chi connectivity index (χ2v) is 1.53. The summed E-state index contributed by atoms with van der Waals surface area (Å²) in [5.41, 5.74) is 1.75. The number of rotatable bonds is 0. The molecule has 5 nitrogen and oxygen atoms in total. The SMILES string of the molecule is O=C1CCC(=O)ONO1.[Na]. The van der Waals surface area contributed by atoms with Gasteiger partial charge in [0, 0.05) is 35.2 Å². The van der Waals surface area contributed by atoms with Gasteiger partial charge in [-0.2, -0.15) is 0 Å². The van der Waals surface area contributed by atoms with Crippen molar-refractivity contribution in [2.24, 2.45) is 0 Å². The summed E-state index contributed by atoms with van der Waals surface area (Å²) in [5, 5.41) is 0. The number of hydrogen-bond donors (Lipinski definition) is 1. The largest absolute Gasteiger partial charge is 0.335 e. The van der Waals surface area contributed by atoms with Crippen molar-refractivity contribution in [3.05, 3.63) is 0 Å². The van der Waals surface area contributed by atoms with Gasteiger partial charge < -0.3 is 9.68 Å². The monoisotopic (exact) mass is 154 g/mol. The molecule has 1 fully saturated rings. The van der Waals surface area contributed by atoms with E-state index in [1.165, 1.54) is 0 Å². The minimum atomic E-state index is -0.485. The molecule has 1 heterocycles. The van der Waals surface area contributed by atoms with E-state index in [1.54, 1.807) is 5.64 Å². The van der Waals surface area contributed by atoms with Crippen LogP contribution in [0.1, 0.15) is 12.8 Å². The van der Waals surface area contributed by atoms with Crippen molar-refractivity contribution in [2.45, 2.75) is 12.8 Å². The van der Waals surface area contributed by atoms with E-state index in [2.05, 4.69) is 9.68 Å². The first kappa shape index (κ1) is 9.90. The predicted molar refractivity (Wildman–Crippen MR) is 30.3 cm³/mol. The molecule has 51 valence electrons. The van der Waals surface area contributed by atoms with Gasteiger partial charge in [0.05, 0.1) is 12.8 Å². The smallest absolute Gasteiger partial charge is 0.329 e. The Kier molecular flexibility index (Phi) is 4.63. The molecular weight excluding hydrogens is 149 g/mol. The molecule has 1 aliphatic rings. The van der Waals surface area contributed by atoms with Crippen molar-refractivity contribution in [1.29, 1.82) is 0 Å².